The molecular formula is C23H16N3O3+. The number of rotatable bonds is 2. The summed E-state index contributed by atoms with van der Waals surface area (Å²) in [6.07, 6.45) is 0. The second kappa shape index (κ2) is 6.24. The van der Waals surface area contributed by atoms with Gasteiger partial charge >= 0.3 is 12.1 Å². The molecule has 6 nitrogen and oxygen atoms in total. The van der Waals surface area contributed by atoms with Crippen molar-refractivity contribution in [2.24, 2.45) is 5.11 Å². The minimum atomic E-state index is -0.653. The van der Waals surface area contributed by atoms with Gasteiger partial charge in [-0.25, -0.2) is 4.79 Å². The molecule has 0 aromatic heterocycles. The minimum Gasteiger partial charge on any atom is -0.507 e. The first-order valence-electron chi connectivity index (χ1n) is 9.15. The van der Waals surface area contributed by atoms with Gasteiger partial charge in [-0.05, 0) is 31.2 Å². The molecule has 4 aromatic rings. The Morgan fingerprint density at radius 2 is 1.31 bits per heavy atom. The Balaban J connectivity index is 1.76. The highest BCUT2D eigenvalue weighted by atomic mass is 16.3. The van der Waals surface area contributed by atoms with Gasteiger partial charge < -0.3 is 5.11 Å². The van der Waals surface area contributed by atoms with Crippen molar-refractivity contribution < 1.29 is 19.4 Å². The molecule has 0 radical (unpaired) electrons. The molecule has 4 amide bonds. The largest absolute Gasteiger partial charge is 0.534 e. The Hall–Kier alpha value is -4.06. The maximum Gasteiger partial charge on any atom is 0.534 e. The summed E-state index contributed by atoms with van der Waals surface area (Å²) in [5, 5.41) is 17.2. The fraction of sp³-hybridized carbons (Fsp3) is 0.0435. The fourth-order valence-corrected chi connectivity index (χ4v) is 3.72. The average Bonchev–Trinajstić information content (AvgIpc) is 3.03. The number of hydrogen-bond acceptors (Lipinski definition) is 3. The molecule has 29 heavy (non-hydrogen) atoms. The standard InChI is InChI=1S/C23H15N3O3/c1-14-10-12-15(13-11-14)25-22(28)24-26(23(25)29)20-16-6-2-4-8-18(16)21(27)19-9-5-3-7-17(19)20/h2-13H,1H3/p+1. The van der Waals surface area contributed by atoms with E-state index in [4.69, 9.17) is 0 Å². The van der Waals surface area contributed by atoms with Crippen molar-refractivity contribution in [1.82, 2.24) is 0 Å². The van der Waals surface area contributed by atoms with Gasteiger partial charge in [-0.2, -0.15) is 4.79 Å². The maximum atomic E-state index is 13.2. The molecular weight excluding hydrogens is 366 g/mol. The zero-order valence-corrected chi connectivity index (χ0v) is 15.5. The van der Waals surface area contributed by atoms with Crippen LogP contribution in [0.2, 0.25) is 0 Å². The second-order valence-corrected chi connectivity index (χ2v) is 6.94. The van der Waals surface area contributed by atoms with E-state index in [1.165, 1.54) is 0 Å². The van der Waals surface area contributed by atoms with Crippen LogP contribution in [0.15, 0.2) is 77.9 Å². The molecule has 5 rings (SSSR count). The summed E-state index contributed by atoms with van der Waals surface area (Å²) in [4.78, 5) is 26.9. The number of amides is 4. The maximum absolute atomic E-state index is 13.2. The number of aromatic hydroxyl groups is 1. The van der Waals surface area contributed by atoms with Crippen LogP contribution in [0.25, 0.3) is 21.5 Å². The van der Waals surface area contributed by atoms with Gasteiger partial charge in [0.25, 0.3) is 0 Å². The molecule has 140 valence electrons. The SMILES string of the molecule is Cc1ccc(N2C(=O)N=[N+](c3c4ccccc4c(O)c4ccccc34)C2=O)cc1. The van der Waals surface area contributed by atoms with E-state index in [9.17, 15) is 14.7 Å². The summed E-state index contributed by atoms with van der Waals surface area (Å²) < 4.78 is 1.13. The highest BCUT2D eigenvalue weighted by Crippen LogP contribution is 2.43. The molecule has 4 aromatic carbocycles. The van der Waals surface area contributed by atoms with Gasteiger partial charge in [0.15, 0.2) is 5.69 Å². The summed E-state index contributed by atoms with van der Waals surface area (Å²) >= 11 is 0. The van der Waals surface area contributed by atoms with E-state index in [2.05, 4.69) is 5.11 Å². The van der Waals surface area contributed by atoms with Crippen molar-refractivity contribution in [3.63, 3.8) is 0 Å². The van der Waals surface area contributed by atoms with Crippen LogP contribution >= 0.6 is 0 Å². The van der Waals surface area contributed by atoms with Gasteiger partial charge in [0.05, 0.1) is 0 Å². The average molecular weight is 382 g/mol. The number of carbonyl (C=O) groups is 2. The van der Waals surface area contributed by atoms with Gasteiger partial charge in [0.2, 0.25) is 0 Å². The van der Waals surface area contributed by atoms with E-state index in [0.717, 1.165) is 15.2 Å². The molecule has 6 heteroatoms. The fourth-order valence-electron chi connectivity index (χ4n) is 3.72. The third-order valence-corrected chi connectivity index (χ3v) is 5.13. The van der Waals surface area contributed by atoms with Gasteiger partial charge in [-0.3, -0.25) is 0 Å². The normalized spacial score (nSPS) is 14.1. The predicted molar refractivity (Wildman–Crippen MR) is 110 cm³/mol. The number of hydrogen-bond donors (Lipinski definition) is 1. The molecule has 1 aliphatic heterocycles. The smallest absolute Gasteiger partial charge is 0.507 e. The Morgan fingerprint density at radius 1 is 0.793 bits per heavy atom. The highest BCUT2D eigenvalue weighted by molar-refractivity contribution is 6.17. The van der Waals surface area contributed by atoms with E-state index in [-0.39, 0.29) is 5.75 Å². The van der Waals surface area contributed by atoms with Crippen LogP contribution in [-0.2, 0) is 0 Å². The molecule has 0 aliphatic carbocycles. The number of urea groups is 2. The number of imide groups is 1. The van der Waals surface area contributed by atoms with Crippen molar-refractivity contribution >= 4 is 45.0 Å². The molecule has 0 atom stereocenters. The Kier molecular flexibility index (Phi) is 3.67. The van der Waals surface area contributed by atoms with Gasteiger partial charge in [0, 0.05) is 26.7 Å². The van der Waals surface area contributed by atoms with Gasteiger partial charge in [-0.1, -0.05) is 63.7 Å². The summed E-state index contributed by atoms with van der Waals surface area (Å²) in [5.41, 5.74) is 1.96. The number of azo groups is 2. The van der Waals surface area contributed by atoms with Crippen molar-refractivity contribution in [2.45, 2.75) is 6.92 Å². The van der Waals surface area contributed by atoms with Crippen molar-refractivity contribution in [2.75, 3.05) is 4.90 Å². The topological polar surface area (TPSA) is 73.0 Å². The van der Waals surface area contributed by atoms with Crippen LogP contribution in [0, 0.1) is 6.92 Å². The van der Waals surface area contributed by atoms with E-state index < -0.39 is 12.1 Å². The van der Waals surface area contributed by atoms with Crippen LogP contribution in [0.4, 0.5) is 21.0 Å². The molecule has 0 unspecified atom stereocenters. The van der Waals surface area contributed by atoms with Crippen LogP contribution < -0.4 is 4.90 Å². The number of carbonyl (C=O) groups excluding carboxylic acids is 2. The lowest BCUT2D eigenvalue weighted by Gasteiger charge is -2.11. The summed E-state index contributed by atoms with van der Waals surface area (Å²) in [5.74, 6) is 0.133. The molecule has 0 bridgehead atoms. The highest BCUT2D eigenvalue weighted by Gasteiger charge is 2.46. The number of phenols is 1. The van der Waals surface area contributed by atoms with E-state index >= 15 is 0 Å². The molecule has 0 spiro atoms. The van der Waals surface area contributed by atoms with Gasteiger partial charge in [0.1, 0.15) is 11.4 Å². The lowest BCUT2D eigenvalue weighted by atomic mass is 9.99. The minimum absolute atomic E-state index is 0.133. The monoisotopic (exact) mass is 382 g/mol. The number of anilines is 1. The Morgan fingerprint density at radius 3 is 1.86 bits per heavy atom. The summed E-state index contributed by atoms with van der Waals surface area (Å²) in [6.45, 7) is 1.93. The molecule has 0 fully saturated rings. The van der Waals surface area contributed by atoms with Crippen molar-refractivity contribution in [3.05, 3.63) is 78.4 Å². The predicted octanol–water partition coefficient (Wildman–Crippen LogP) is 5.86. The lowest BCUT2D eigenvalue weighted by Crippen LogP contribution is -2.31. The third-order valence-electron chi connectivity index (χ3n) is 5.13. The number of nitrogens with zero attached hydrogens (tertiary/aromatic N) is 3. The molecule has 0 saturated carbocycles. The molecule has 1 aliphatic rings. The second-order valence-electron chi connectivity index (χ2n) is 6.94. The van der Waals surface area contributed by atoms with Gasteiger partial charge in [-0.15, -0.1) is 0 Å². The lowest BCUT2D eigenvalue weighted by molar-refractivity contribution is -0.391. The van der Waals surface area contributed by atoms with Crippen LogP contribution in [-0.4, -0.2) is 21.9 Å². The molecule has 1 heterocycles. The third kappa shape index (κ3) is 2.50. The quantitative estimate of drug-likeness (QED) is 0.348. The first-order chi connectivity index (χ1) is 14.1. The zero-order valence-electron chi connectivity index (χ0n) is 15.5. The molecule has 1 N–H and O–H groups in total. The number of phenolic OH excluding ortho intramolecular Hbond substituents is 1. The molecule has 0 saturated heterocycles. The Bertz CT molecular complexity index is 1300. The van der Waals surface area contributed by atoms with E-state index in [1.54, 1.807) is 36.4 Å². The van der Waals surface area contributed by atoms with E-state index in [0.29, 0.717) is 32.9 Å². The summed E-state index contributed by atoms with van der Waals surface area (Å²) in [7, 11) is 0. The number of benzene rings is 4. The number of fused-ring (bicyclic) bond motifs is 2. The zero-order chi connectivity index (χ0) is 20.1. The van der Waals surface area contributed by atoms with E-state index in [1.807, 2.05) is 43.3 Å². The first kappa shape index (κ1) is 17.1. The van der Waals surface area contributed by atoms with Crippen LogP contribution in [0.1, 0.15) is 5.56 Å². The Labute approximate surface area is 165 Å². The number of aryl methyl sites for hydroxylation is 1. The van der Waals surface area contributed by atoms with Crippen LogP contribution in [0.3, 0.4) is 0 Å². The van der Waals surface area contributed by atoms with Crippen molar-refractivity contribution in [3.8, 4) is 5.75 Å². The van der Waals surface area contributed by atoms with Crippen LogP contribution in [0.5, 0.6) is 5.75 Å². The first-order valence-corrected chi connectivity index (χ1v) is 9.15. The van der Waals surface area contributed by atoms with Crippen molar-refractivity contribution in [1.29, 1.82) is 0 Å². The summed E-state index contributed by atoms with van der Waals surface area (Å²) in [6, 6.07) is 20.3.